The van der Waals surface area contributed by atoms with Gasteiger partial charge in [-0.1, -0.05) is 19.4 Å². The van der Waals surface area contributed by atoms with Crippen LogP contribution in [0.2, 0.25) is 0 Å². The minimum Gasteiger partial charge on any atom is -0.496 e. The zero-order valence-electron chi connectivity index (χ0n) is 19.5. The molecule has 9 heteroatoms. The largest absolute Gasteiger partial charge is 0.496 e. The Hall–Kier alpha value is -2.65. The van der Waals surface area contributed by atoms with Crippen molar-refractivity contribution in [2.75, 3.05) is 58.2 Å². The Kier molecular flexibility index (Phi) is 7.82. The first-order chi connectivity index (χ1) is 16.1. The van der Waals surface area contributed by atoms with E-state index in [1.165, 1.54) is 29.7 Å². The van der Waals surface area contributed by atoms with Gasteiger partial charge in [-0.25, -0.2) is 9.78 Å². The molecule has 4 rings (SSSR count). The number of rotatable bonds is 7. The molecule has 2 aromatic rings. The fourth-order valence-corrected chi connectivity index (χ4v) is 5.12. The van der Waals surface area contributed by atoms with E-state index in [9.17, 15) is 9.59 Å². The molecule has 1 aromatic carbocycles. The quantitative estimate of drug-likeness (QED) is 0.668. The third-order valence-corrected chi connectivity index (χ3v) is 7.03. The summed E-state index contributed by atoms with van der Waals surface area (Å²) in [7, 11) is 1.66. The number of hydrogen-bond donors (Lipinski definition) is 1. The number of carbonyl (C=O) groups is 2. The molecule has 33 heavy (non-hydrogen) atoms. The maximum atomic E-state index is 12.8. The van der Waals surface area contributed by atoms with Gasteiger partial charge in [0.25, 0.3) is 0 Å². The molecule has 1 N–H and O–H groups in total. The van der Waals surface area contributed by atoms with E-state index in [0.717, 1.165) is 42.9 Å². The SMILES string of the molecule is CCCc1ccc(OC)c(-c2csc(NC(=O)N3CCN(C(=O)CN4CCCC4)CC3)n2)c1. The van der Waals surface area contributed by atoms with E-state index in [4.69, 9.17) is 4.74 Å². The summed E-state index contributed by atoms with van der Waals surface area (Å²) >= 11 is 1.40. The van der Waals surface area contributed by atoms with Crippen LogP contribution in [0.3, 0.4) is 0 Å². The van der Waals surface area contributed by atoms with Crippen LogP contribution in [0.5, 0.6) is 5.75 Å². The third-order valence-electron chi connectivity index (χ3n) is 6.27. The molecule has 2 fully saturated rings. The van der Waals surface area contributed by atoms with Crippen molar-refractivity contribution in [2.24, 2.45) is 0 Å². The highest BCUT2D eigenvalue weighted by Gasteiger charge is 2.26. The van der Waals surface area contributed by atoms with Crippen LogP contribution in [0.25, 0.3) is 11.3 Å². The predicted octanol–water partition coefficient (Wildman–Crippen LogP) is 3.54. The van der Waals surface area contributed by atoms with Crippen LogP contribution in [0.1, 0.15) is 31.7 Å². The van der Waals surface area contributed by atoms with Crippen molar-refractivity contribution in [3.63, 3.8) is 0 Å². The number of nitrogens with zero attached hydrogens (tertiary/aromatic N) is 4. The Balaban J connectivity index is 1.32. The topological polar surface area (TPSA) is 78.0 Å². The van der Waals surface area contributed by atoms with Crippen molar-refractivity contribution in [3.8, 4) is 17.0 Å². The number of amides is 3. The zero-order chi connectivity index (χ0) is 23.2. The Morgan fingerprint density at radius 3 is 2.52 bits per heavy atom. The molecular formula is C24H33N5O3S. The first-order valence-corrected chi connectivity index (χ1v) is 12.6. The van der Waals surface area contributed by atoms with Gasteiger partial charge in [0, 0.05) is 37.1 Å². The molecule has 8 nitrogen and oxygen atoms in total. The summed E-state index contributed by atoms with van der Waals surface area (Å²) in [4.78, 5) is 35.8. The molecule has 0 saturated carbocycles. The number of methoxy groups -OCH3 is 1. The van der Waals surface area contributed by atoms with Gasteiger partial charge in [-0.05, 0) is 50.0 Å². The second-order valence-electron chi connectivity index (χ2n) is 8.60. The molecule has 0 spiro atoms. The first-order valence-electron chi connectivity index (χ1n) is 11.8. The summed E-state index contributed by atoms with van der Waals surface area (Å²) in [5, 5.41) is 5.43. The lowest BCUT2D eigenvalue weighted by molar-refractivity contribution is -0.133. The molecule has 178 valence electrons. The highest BCUT2D eigenvalue weighted by Crippen LogP contribution is 2.33. The number of urea groups is 1. The van der Waals surface area contributed by atoms with E-state index in [0.29, 0.717) is 37.9 Å². The molecule has 0 atom stereocenters. The van der Waals surface area contributed by atoms with Crippen LogP contribution < -0.4 is 10.1 Å². The van der Waals surface area contributed by atoms with E-state index in [1.807, 2.05) is 16.3 Å². The molecule has 2 saturated heterocycles. The molecular weight excluding hydrogens is 438 g/mol. The van der Waals surface area contributed by atoms with E-state index in [2.05, 4.69) is 34.3 Å². The second kappa shape index (κ2) is 11.0. The number of aryl methyl sites for hydroxylation is 1. The van der Waals surface area contributed by atoms with Crippen molar-refractivity contribution in [1.29, 1.82) is 0 Å². The summed E-state index contributed by atoms with van der Waals surface area (Å²) in [5.41, 5.74) is 2.97. The fraction of sp³-hybridized carbons (Fsp3) is 0.542. The second-order valence-corrected chi connectivity index (χ2v) is 9.46. The molecule has 0 aliphatic carbocycles. The summed E-state index contributed by atoms with van der Waals surface area (Å²) < 4.78 is 5.52. The van der Waals surface area contributed by atoms with Gasteiger partial charge in [0.1, 0.15) is 5.75 Å². The molecule has 2 aliphatic heterocycles. The van der Waals surface area contributed by atoms with Crippen LogP contribution in [-0.4, -0.2) is 84.5 Å². The molecule has 0 unspecified atom stereocenters. The first kappa shape index (κ1) is 23.5. The minimum absolute atomic E-state index is 0.167. The molecule has 3 heterocycles. The number of likely N-dealkylation sites (tertiary alicyclic amines) is 1. The molecule has 3 amide bonds. The Labute approximate surface area is 199 Å². The van der Waals surface area contributed by atoms with Gasteiger partial charge in [-0.15, -0.1) is 11.3 Å². The van der Waals surface area contributed by atoms with Gasteiger partial charge < -0.3 is 14.5 Å². The van der Waals surface area contributed by atoms with E-state index in [-0.39, 0.29) is 11.9 Å². The van der Waals surface area contributed by atoms with Crippen molar-refractivity contribution >= 4 is 28.4 Å². The van der Waals surface area contributed by atoms with Crippen LogP contribution in [0.15, 0.2) is 23.6 Å². The van der Waals surface area contributed by atoms with Gasteiger partial charge in [-0.2, -0.15) is 0 Å². The number of piperazine rings is 1. The van der Waals surface area contributed by atoms with Crippen molar-refractivity contribution < 1.29 is 14.3 Å². The highest BCUT2D eigenvalue weighted by molar-refractivity contribution is 7.14. The van der Waals surface area contributed by atoms with Crippen LogP contribution in [-0.2, 0) is 11.2 Å². The average Bonchev–Trinajstić information content (AvgIpc) is 3.51. The highest BCUT2D eigenvalue weighted by atomic mass is 32.1. The summed E-state index contributed by atoms with van der Waals surface area (Å²) in [5.74, 6) is 0.938. The van der Waals surface area contributed by atoms with Crippen LogP contribution in [0.4, 0.5) is 9.93 Å². The van der Waals surface area contributed by atoms with Crippen molar-refractivity contribution in [3.05, 3.63) is 29.1 Å². The van der Waals surface area contributed by atoms with Crippen molar-refractivity contribution in [1.82, 2.24) is 19.7 Å². The summed E-state index contributed by atoms with van der Waals surface area (Å²) in [6, 6.07) is 5.99. The predicted molar refractivity (Wildman–Crippen MR) is 131 cm³/mol. The van der Waals surface area contributed by atoms with E-state index in [1.54, 1.807) is 12.0 Å². The number of aromatic nitrogens is 1. The Morgan fingerprint density at radius 1 is 1.09 bits per heavy atom. The lowest BCUT2D eigenvalue weighted by Crippen LogP contribution is -2.53. The molecule has 0 radical (unpaired) electrons. The normalized spacial score (nSPS) is 16.8. The van der Waals surface area contributed by atoms with Gasteiger partial charge in [0.15, 0.2) is 5.13 Å². The minimum atomic E-state index is -0.172. The lowest BCUT2D eigenvalue weighted by Gasteiger charge is -2.35. The fourth-order valence-electron chi connectivity index (χ4n) is 4.42. The van der Waals surface area contributed by atoms with Gasteiger partial charge >= 0.3 is 6.03 Å². The van der Waals surface area contributed by atoms with Gasteiger partial charge in [0.05, 0.1) is 19.3 Å². The number of nitrogens with one attached hydrogen (secondary N) is 1. The van der Waals surface area contributed by atoms with Crippen molar-refractivity contribution in [2.45, 2.75) is 32.6 Å². The molecule has 0 bridgehead atoms. The average molecular weight is 472 g/mol. The third kappa shape index (κ3) is 5.83. The van der Waals surface area contributed by atoms with Crippen LogP contribution >= 0.6 is 11.3 Å². The maximum absolute atomic E-state index is 12.8. The van der Waals surface area contributed by atoms with E-state index < -0.39 is 0 Å². The number of ether oxygens (including phenoxy) is 1. The molecule has 2 aliphatic rings. The smallest absolute Gasteiger partial charge is 0.323 e. The summed E-state index contributed by atoms with van der Waals surface area (Å²) in [6.45, 7) is 6.89. The van der Waals surface area contributed by atoms with Crippen LogP contribution in [0, 0.1) is 0 Å². The summed E-state index contributed by atoms with van der Waals surface area (Å²) in [6.07, 6.45) is 4.42. The lowest BCUT2D eigenvalue weighted by atomic mass is 10.0. The standard InChI is InChI=1S/C24H33N5O3S/c1-3-6-18-7-8-21(32-2)19(15-18)20-17-33-23(25-20)26-24(31)29-13-11-28(12-14-29)22(30)16-27-9-4-5-10-27/h7-8,15,17H,3-6,9-14,16H2,1-2H3,(H,25,26,31). The Bertz CT molecular complexity index is 965. The maximum Gasteiger partial charge on any atom is 0.323 e. The molecule has 1 aromatic heterocycles. The van der Waals surface area contributed by atoms with Gasteiger partial charge in [0.2, 0.25) is 5.91 Å². The number of thiazole rings is 1. The zero-order valence-corrected chi connectivity index (χ0v) is 20.3. The number of hydrogen-bond acceptors (Lipinski definition) is 6. The van der Waals surface area contributed by atoms with E-state index >= 15 is 0 Å². The monoisotopic (exact) mass is 471 g/mol. The number of carbonyl (C=O) groups excluding carboxylic acids is 2. The number of anilines is 1. The van der Waals surface area contributed by atoms with Gasteiger partial charge in [-0.3, -0.25) is 15.0 Å². The number of benzene rings is 1. The Morgan fingerprint density at radius 2 is 1.82 bits per heavy atom.